The van der Waals surface area contributed by atoms with Crippen molar-refractivity contribution in [1.29, 1.82) is 0 Å². The Morgan fingerprint density at radius 2 is 2.29 bits per heavy atom. The molecule has 7 nitrogen and oxygen atoms in total. The van der Waals surface area contributed by atoms with Crippen molar-refractivity contribution in [2.24, 2.45) is 5.73 Å². The molecule has 0 radical (unpaired) electrons. The Hall–Kier alpha value is -1.44. The quantitative estimate of drug-likeness (QED) is 0.796. The second kappa shape index (κ2) is 7.53. The van der Waals surface area contributed by atoms with Gasteiger partial charge in [0.15, 0.2) is 0 Å². The number of methoxy groups -OCH3 is 1. The highest BCUT2D eigenvalue weighted by Crippen LogP contribution is 2.25. The minimum absolute atomic E-state index is 0.203. The summed E-state index contributed by atoms with van der Waals surface area (Å²) in [6.45, 7) is 5.60. The summed E-state index contributed by atoms with van der Waals surface area (Å²) in [4.78, 5) is 14.4. The molecule has 1 aliphatic rings. The molecule has 7 heteroatoms. The van der Waals surface area contributed by atoms with Gasteiger partial charge >= 0.3 is 0 Å². The van der Waals surface area contributed by atoms with E-state index in [9.17, 15) is 4.79 Å². The van der Waals surface area contributed by atoms with Gasteiger partial charge in [-0.1, -0.05) is 6.92 Å². The van der Waals surface area contributed by atoms with Crippen LogP contribution in [0, 0.1) is 0 Å². The Labute approximate surface area is 125 Å². The fourth-order valence-electron chi connectivity index (χ4n) is 2.66. The molecule has 1 saturated heterocycles. The van der Waals surface area contributed by atoms with E-state index < -0.39 is 6.04 Å². The average Bonchev–Trinajstić information content (AvgIpc) is 2.95. The van der Waals surface area contributed by atoms with Crippen molar-refractivity contribution in [3.63, 3.8) is 0 Å². The Morgan fingerprint density at radius 1 is 1.57 bits per heavy atom. The first kappa shape index (κ1) is 15.9. The first-order chi connectivity index (χ1) is 10.2. The molecule has 0 aromatic carbocycles. The molecule has 0 saturated carbocycles. The predicted molar refractivity (Wildman–Crippen MR) is 81.1 cm³/mol. The highest BCUT2D eigenvalue weighted by Gasteiger charge is 2.23. The number of amides is 1. The number of ether oxygens (including phenoxy) is 1. The third-order valence-electron chi connectivity index (χ3n) is 3.95. The van der Waals surface area contributed by atoms with Crippen LogP contribution in [-0.2, 0) is 9.53 Å². The Morgan fingerprint density at radius 3 is 2.90 bits per heavy atom. The fourth-order valence-corrected chi connectivity index (χ4v) is 2.66. The van der Waals surface area contributed by atoms with Crippen LogP contribution >= 0.6 is 0 Å². The Balaban J connectivity index is 1.97. The average molecular weight is 295 g/mol. The van der Waals surface area contributed by atoms with Crippen LogP contribution in [0.4, 0.5) is 5.82 Å². The summed E-state index contributed by atoms with van der Waals surface area (Å²) in [7, 11) is 1.53. The molecule has 1 unspecified atom stereocenters. The number of rotatable bonds is 6. The number of hydrogen-bond donors (Lipinski definition) is 2. The monoisotopic (exact) mass is 295 g/mol. The molecule has 1 aliphatic heterocycles. The van der Waals surface area contributed by atoms with Crippen LogP contribution in [-0.4, -0.2) is 60.0 Å². The number of nitrogens with zero attached hydrogens (tertiary/aromatic N) is 3. The molecule has 1 atom stereocenters. The first-order valence-electron chi connectivity index (χ1n) is 7.47. The van der Waals surface area contributed by atoms with Crippen molar-refractivity contribution in [2.75, 3.05) is 38.7 Å². The van der Waals surface area contributed by atoms with E-state index in [2.05, 4.69) is 22.2 Å². The number of carbonyl (C=O) groups is 1. The summed E-state index contributed by atoms with van der Waals surface area (Å²) in [6, 6.07) is 1.47. The molecule has 1 aromatic heterocycles. The molecule has 1 amide bonds. The van der Waals surface area contributed by atoms with E-state index in [1.807, 2.05) is 10.7 Å². The fraction of sp³-hybridized carbons (Fsp3) is 0.714. The minimum atomic E-state index is -0.666. The lowest BCUT2D eigenvalue weighted by atomic mass is 10.1. The van der Waals surface area contributed by atoms with E-state index in [0.29, 0.717) is 11.9 Å². The summed E-state index contributed by atoms with van der Waals surface area (Å²) in [6.07, 6.45) is 3.80. The summed E-state index contributed by atoms with van der Waals surface area (Å²) < 4.78 is 6.81. The Bertz CT molecular complexity index is 454. The van der Waals surface area contributed by atoms with Crippen LogP contribution in [0.2, 0.25) is 0 Å². The number of piperidine rings is 1. The molecule has 0 aliphatic carbocycles. The maximum Gasteiger partial charge on any atom is 0.244 e. The second-order valence-electron chi connectivity index (χ2n) is 5.38. The van der Waals surface area contributed by atoms with Crippen LogP contribution in [0.25, 0.3) is 0 Å². The number of carbonyl (C=O) groups excluding carboxylic acids is 1. The summed E-state index contributed by atoms with van der Waals surface area (Å²) in [5.74, 6) is 0.464. The van der Waals surface area contributed by atoms with Gasteiger partial charge in [0.25, 0.3) is 0 Å². The lowest BCUT2D eigenvalue weighted by molar-refractivity contribution is -0.118. The standard InChI is InChI=1S/C14H25N5O2/c1-3-18-8-5-11(6-9-18)19-13(4-7-16-19)17-14(20)12(15)10-21-2/h4,7,11-12H,3,5-6,8-10,15H2,1-2H3,(H,17,20). The molecule has 1 fully saturated rings. The Kier molecular flexibility index (Phi) is 5.72. The summed E-state index contributed by atoms with van der Waals surface area (Å²) >= 11 is 0. The zero-order valence-corrected chi connectivity index (χ0v) is 12.8. The van der Waals surface area contributed by atoms with Crippen LogP contribution in [0.3, 0.4) is 0 Å². The molecule has 2 heterocycles. The SMILES string of the molecule is CCN1CCC(n2nccc2NC(=O)C(N)COC)CC1. The van der Waals surface area contributed by atoms with E-state index in [1.165, 1.54) is 7.11 Å². The number of hydrogen-bond acceptors (Lipinski definition) is 5. The van der Waals surface area contributed by atoms with E-state index in [0.717, 1.165) is 32.5 Å². The van der Waals surface area contributed by atoms with Gasteiger partial charge in [0.2, 0.25) is 5.91 Å². The number of likely N-dealkylation sites (tertiary alicyclic amines) is 1. The summed E-state index contributed by atoms with van der Waals surface area (Å²) in [5.41, 5.74) is 5.74. The summed E-state index contributed by atoms with van der Waals surface area (Å²) in [5, 5.41) is 7.20. The molecule has 118 valence electrons. The van der Waals surface area contributed by atoms with Crippen molar-refractivity contribution in [2.45, 2.75) is 31.8 Å². The van der Waals surface area contributed by atoms with Gasteiger partial charge in [0.1, 0.15) is 11.9 Å². The molecular weight excluding hydrogens is 270 g/mol. The zero-order valence-electron chi connectivity index (χ0n) is 12.8. The zero-order chi connectivity index (χ0) is 15.2. The van der Waals surface area contributed by atoms with Crippen molar-refractivity contribution < 1.29 is 9.53 Å². The molecule has 1 aromatic rings. The lowest BCUT2D eigenvalue weighted by Gasteiger charge is -2.31. The molecule has 3 N–H and O–H groups in total. The van der Waals surface area contributed by atoms with E-state index in [-0.39, 0.29) is 12.5 Å². The van der Waals surface area contributed by atoms with Crippen molar-refractivity contribution in [1.82, 2.24) is 14.7 Å². The van der Waals surface area contributed by atoms with Gasteiger partial charge in [-0.3, -0.25) is 4.79 Å². The highest BCUT2D eigenvalue weighted by molar-refractivity contribution is 5.94. The van der Waals surface area contributed by atoms with Gasteiger partial charge in [-0.2, -0.15) is 5.10 Å². The van der Waals surface area contributed by atoms with E-state index in [4.69, 9.17) is 10.5 Å². The normalized spacial score (nSPS) is 18.6. The second-order valence-corrected chi connectivity index (χ2v) is 5.38. The van der Waals surface area contributed by atoms with Gasteiger partial charge in [-0.15, -0.1) is 0 Å². The molecule has 0 spiro atoms. The number of anilines is 1. The molecular formula is C14H25N5O2. The molecule has 0 bridgehead atoms. The topological polar surface area (TPSA) is 85.4 Å². The third-order valence-corrected chi connectivity index (χ3v) is 3.95. The van der Waals surface area contributed by atoms with Crippen LogP contribution in [0.1, 0.15) is 25.8 Å². The van der Waals surface area contributed by atoms with Crippen LogP contribution < -0.4 is 11.1 Å². The first-order valence-corrected chi connectivity index (χ1v) is 7.47. The van der Waals surface area contributed by atoms with Gasteiger partial charge in [-0.25, -0.2) is 4.68 Å². The number of nitrogens with one attached hydrogen (secondary N) is 1. The lowest BCUT2D eigenvalue weighted by Crippen LogP contribution is -2.40. The van der Waals surface area contributed by atoms with Crippen molar-refractivity contribution in [3.05, 3.63) is 12.3 Å². The van der Waals surface area contributed by atoms with E-state index in [1.54, 1.807) is 6.20 Å². The molecule has 21 heavy (non-hydrogen) atoms. The van der Waals surface area contributed by atoms with Crippen molar-refractivity contribution >= 4 is 11.7 Å². The van der Waals surface area contributed by atoms with Gasteiger partial charge in [0.05, 0.1) is 18.8 Å². The third kappa shape index (κ3) is 4.03. The number of nitrogens with two attached hydrogens (primary N) is 1. The van der Waals surface area contributed by atoms with Crippen LogP contribution in [0.5, 0.6) is 0 Å². The van der Waals surface area contributed by atoms with Gasteiger partial charge in [0, 0.05) is 26.3 Å². The molecule has 2 rings (SSSR count). The smallest absolute Gasteiger partial charge is 0.244 e. The van der Waals surface area contributed by atoms with Gasteiger partial charge < -0.3 is 20.7 Å². The highest BCUT2D eigenvalue weighted by atomic mass is 16.5. The van der Waals surface area contributed by atoms with Crippen LogP contribution in [0.15, 0.2) is 12.3 Å². The maximum absolute atomic E-state index is 12.0. The van der Waals surface area contributed by atoms with Gasteiger partial charge in [-0.05, 0) is 19.4 Å². The largest absolute Gasteiger partial charge is 0.383 e. The number of aromatic nitrogens is 2. The van der Waals surface area contributed by atoms with Crippen molar-refractivity contribution in [3.8, 4) is 0 Å². The minimum Gasteiger partial charge on any atom is -0.383 e. The predicted octanol–water partition coefficient (Wildman–Crippen LogP) is 0.452. The van der Waals surface area contributed by atoms with E-state index >= 15 is 0 Å². The maximum atomic E-state index is 12.0.